The molecule has 2 N–H and O–H groups in total. The molecule has 3 rings (SSSR count). The number of nitrogens with zero attached hydrogens (tertiary/aromatic N) is 2. The highest BCUT2D eigenvalue weighted by Crippen LogP contribution is 2.33. The number of hydrogen-bond acceptors (Lipinski definition) is 5. The van der Waals surface area contributed by atoms with Crippen molar-refractivity contribution in [2.45, 2.75) is 44.2 Å². The Bertz CT molecular complexity index is 386. The van der Waals surface area contributed by atoms with Crippen LogP contribution in [-0.2, 0) is 4.79 Å². The second-order valence-corrected chi connectivity index (χ2v) is 5.67. The zero-order valence-corrected chi connectivity index (χ0v) is 11.6. The number of aromatic nitrogens is 2. The first-order valence-corrected chi connectivity index (χ1v) is 7.04. The fourth-order valence-electron chi connectivity index (χ4n) is 2.94. The van der Waals surface area contributed by atoms with Gasteiger partial charge in [0.1, 0.15) is 5.51 Å². The predicted molar refractivity (Wildman–Crippen MR) is 73.1 cm³/mol. The minimum absolute atomic E-state index is 0. The average molecular weight is 289 g/mol. The van der Waals surface area contributed by atoms with Gasteiger partial charge in [0.05, 0.1) is 6.04 Å². The molecule has 3 unspecified atom stereocenters. The van der Waals surface area contributed by atoms with Crippen LogP contribution in [0.15, 0.2) is 5.51 Å². The zero-order valence-electron chi connectivity index (χ0n) is 9.96. The molecule has 1 aliphatic heterocycles. The van der Waals surface area contributed by atoms with E-state index in [0.717, 1.165) is 6.42 Å². The highest BCUT2D eigenvalue weighted by molar-refractivity contribution is 7.13. The summed E-state index contributed by atoms with van der Waals surface area (Å²) in [4.78, 5) is 12.0. The number of fused-ring (bicyclic) bond motifs is 1. The van der Waals surface area contributed by atoms with Gasteiger partial charge < -0.3 is 5.32 Å². The van der Waals surface area contributed by atoms with Gasteiger partial charge in [0.2, 0.25) is 11.0 Å². The molecule has 7 heteroatoms. The van der Waals surface area contributed by atoms with Crippen molar-refractivity contribution >= 4 is 34.8 Å². The van der Waals surface area contributed by atoms with Crippen LogP contribution in [0.2, 0.25) is 0 Å². The van der Waals surface area contributed by atoms with Gasteiger partial charge in [-0.25, -0.2) is 0 Å². The predicted octanol–water partition coefficient (Wildman–Crippen LogP) is 1.82. The van der Waals surface area contributed by atoms with E-state index in [4.69, 9.17) is 0 Å². The first-order chi connectivity index (χ1) is 8.33. The summed E-state index contributed by atoms with van der Waals surface area (Å²) in [6.45, 7) is 0. The van der Waals surface area contributed by atoms with Gasteiger partial charge in [-0.1, -0.05) is 24.2 Å². The van der Waals surface area contributed by atoms with Crippen molar-refractivity contribution in [2.24, 2.45) is 5.92 Å². The third kappa shape index (κ3) is 2.81. The zero-order chi connectivity index (χ0) is 11.7. The fraction of sp³-hybridized carbons (Fsp3) is 0.727. The van der Waals surface area contributed by atoms with Gasteiger partial charge in [0.25, 0.3) is 0 Å². The Morgan fingerprint density at radius 2 is 2.28 bits per heavy atom. The molecule has 2 fully saturated rings. The maximum atomic E-state index is 12.0. The summed E-state index contributed by atoms with van der Waals surface area (Å²) >= 11 is 1.35. The smallest absolute Gasteiger partial charge is 0.243 e. The van der Waals surface area contributed by atoms with Gasteiger partial charge in [-0.15, -0.1) is 22.6 Å². The van der Waals surface area contributed by atoms with Crippen LogP contribution in [-0.4, -0.2) is 28.2 Å². The van der Waals surface area contributed by atoms with Crippen molar-refractivity contribution in [1.29, 1.82) is 0 Å². The van der Waals surface area contributed by atoms with Crippen LogP contribution in [0.4, 0.5) is 5.13 Å². The van der Waals surface area contributed by atoms with E-state index in [1.165, 1.54) is 37.0 Å². The molecule has 0 spiro atoms. The minimum Gasteiger partial charge on any atom is -0.303 e. The van der Waals surface area contributed by atoms with Crippen molar-refractivity contribution in [1.82, 2.24) is 15.5 Å². The summed E-state index contributed by atoms with van der Waals surface area (Å²) in [5.74, 6) is 0.727. The molecule has 5 nitrogen and oxygen atoms in total. The molecule has 2 aliphatic rings. The Labute approximate surface area is 116 Å². The summed E-state index contributed by atoms with van der Waals surface area (Å²) < 4.78 is 0. The van der Waals surface area contributed by atoms with Gasteiger partial charge in [0, 0.05) is 6.04 Å². The molecule has 0 radical (unpaired) electrons. The van der Waals surface area contributed by atoms with Gasteiger partial charge in [-0.05, 0) is 25.2 Å². The van der Waals surface area contributed by atoms with Gasteiger partial charge in [0.15, 0.2) is 0 Å². The normalized spacial score (nSPS) is 30.3. The van der Waals surface area contributed by atoms with Crippen molar-refractivity contribution in [3.63, 3.8) is 0 Å². The summed E-state index contributed by atoms with van der Waals surface area (Å²) in [6.07, 6.45) is 6.05. The fourth-order valence-corrected chi connectivity index (χ4v) is 3.39. The maximum absolute atomic E-state index is 12.0. The Hall–Kier alpha value is -0.720. The molecule has 1 amide bonds. The molecule has 1 saturated heterocycles. The number of carbonyl (C=O) groups is 1. The van der Waals surface area contributed by atoms with Gasteiger partial charge in [-0.3, -0.25) is 10.1 Å². The van der Waals surface area contributed by atoms with Crippen LogP contribution in [0.25, 0.3) is 0 Å². The van der Waals surface area contributed by atoms with Crippen LogP contribution < -0.4 is 10.6 Å². The van der Waals surface area contributed by atoms with Gasteiger partial charge in [-0.2, -0.15) is 0 Å². The lowest BCUT2D eigenvalue weighted by Crippen LogP contribution is -2.39. The molecule has 1 aromatic rings. The van der Waals surface area contributed by atoms with Crippen molar-refractivity contribution in [3.05, 3.63) is 5.51 Å². The molecule has 0 bridgehead atoms. The average Bonchev–Trinajstić information content (AvgIpc) is 2.96. The standard InChI is InChI=1S/C11H16N4OS.ClH/c16-10(14-11-15-12-6-17-11)9-5-7-3-1-2-4-8(7)13-9;/h6-9,13H,1-5H2,(H,14,15,16);1H. The Kier molecular flexibility index (Phi) is 4.53. The van der Waals surface area contributed by atoms with Crippen LogP contribution in [0.1, 0.15) is 32.1 Å². The summed E-state index contributed by atoms with van der Waals surface area (Å²) in [7, 11) is 0. The monoisotopic (exact) mass is 288 g/mol. The molecule has 1 aliphatic carbocycles. The molecular formula is C11H17ClN4OS. The van der Waals surface area contributed by atoms with Gasteiger partial charge >= 0.3 is 0 Å². The largest absolute Gasteiger partial charge is 0.303 e. The van der Waals surface area contributed by atoms with E-state index >= 15 is 0 Å². The Morgan fingerprint density at radius 1 is 1.44 bits per heavy atom. The number of anilines is 1. The quantitative estimate of drug-likeness (QED) is 0.871. The lowest BCUT2D eigenvalue weighted by molar-refractivity contribution is -0.117. The lowest BCUT2D eigenvalue weighted by atomic mass is 9.85. The number of rotatable bonds is 2. The molecule has 100 valence electrons. The number of halogens is 1. The number of hydrogen-bond donors (Lipinski definition) is 2. The van der Waals surface area contributed by atoms with Crippen LogP contribution in [0, 0.1) is 5.92 Å². The third-order valence-electron chi connectivity index (χ3n) is 3.77. The number of carbonyl (C=O) groups excluding carboxylic acids is 1. The molecule has 18 heavy (non-hydrogen) atoms. The highest BCUT2D eigenvalue weighted by Gasteiger charge is 2.38. The summed E-state index contributed by atoms with van der Waals surface area (Å²) in [5.41, 5.74) is 1.62. The molecule has 1 saturated carbocycles. The molecule has 1 aromatic heterocycles. The third-order valence-corrected chi connectivity index (χ3v) is 4.38. The van der Waals surface area contributed by atoms with E-state index in [1.807, 2.05) is 0 Å². The molecular weight excluding hydrogens is 272 g/mol. The van der Waals surface area contributed by atoms with Crippen molar-refractivity contribution < 1.29 is 4.79 Å². The van der Waals surface area contributed by atoms with Crippen molar-refractivity contribution in [2.75, 3.05) is 5.32 Å². The lowest BCUT2D eigenvalue weighted by Gasteiger charge is -2.24. The number of amides is 1. The second-order valence-electron chi connectivity index (χ2n) is 4.84. The van der Waals surface area contributed by atoms with Crippen molar-refractivity contribution in [3.8, 4) is 0 Å². The topological polar surface area (TPSA) is 66.9 Å². The molecule has 0 aromatic carbocycles. The Morgan fingerprint density at radius 3 is 3.00 bits per heavy atom. The van der Waals surface area contributed by atoms with Crippen LogP contribution in [0.5, 0.6) is 0 Å². The van der Waals surface area contributed by atoms with E-state index in [-0.39, 0.29) is 24.4 Å². The van der Waals surface area contributed by atoms with E-state index in [1.54, 1.807) is 5.51 Å². The maximum Gasteiger partial charge on any atom is 0.243 e. The van der Waals surface area contributed by atoms with E-state index < -0.39 is 0 Å². The van der Waals surface area contributed by atoms with Crippen LogP contribution >= 0.6 is 23.7 Å². The first-order valence-electron chi connectivity index (χ1n) is 6.16. The summed E-state index contributed by atoms with van der Waals surface area (Å²) in [6, 6.07) is 0.501. The van der Waals surface area contributed by atoms with Crippen LogP contribution in [0.3, 0.4) is 0 Å². The molecule has 3 atom stereocenters. The summed E-state index contributed by atoms with van der Waals surface area (Å²) in [5, 5.41) is 14.4. The van der Waals surface area contributed by atoms with E-state index in [0.29, 0.717) is 17.1 Å². The first kappa shape index (κ1) is 13.7. The Balaban J connectivity index is 0.00000120. The van der Waals surface area contributed by atoms with E-state index in [9.17, 15) is 4.79 Å². The second kappa shape index (κ2) is 5.95. The minimum atomic E-state index is -0.0491. The highest BCUT2D eigenvalue weighted by atomic mass is 35.5. The number of nitrogens with one attached hydrogen (secondary N) is 2. The van der Waals surface area contributed by atoms with E-state index in [2.05, 4.69) is 20.8 Å². The SMILES string of the molecule is Cl.O=C(Nc1nncs1)C1CC2CCCCC2N1. The molecule has 2 heterocycles.